The fraction of sp³-hybridized carbons (Fsp3) is 0.433. The van der Waals surface area contributed by atoms with Gasteiger partial charge in [0, 0.05) is 56.4 Å². The molecular weight excluding hydrogens is 536 g/mol. The number of hydrogen-bond donors (Lipinski definition) is 2. The summed E-state index contributed by atoms with van der Waals surface area (Å²) in [6.07, 6.45) is 7.32. The Bertz CT molecular complexity index is 1750. The Morgan fingerprint density at radius 1 is 1.15 bits per heavy atom. The molecule has 4 aromatic heterocycles. The van der Waals surface area contributed by atoms with E-state index >= 15 is 0 Å². The molecular formula is C30H38N6O4Si. The van der Waals surface area contributed by atoms with E-state index in [1.807, 2.05) is 18.5 Å². The van der Waals surface area contributed by atoms with Gasteiger partial charge in [0.2, 0.25) is 0 Å². The van der Waals surface area contributed by atoms with Crippen LogP contribution < -0.4 is 10.1 Å². The van der Waals surface area contributed by atoms with Crippen LogP contribution in [0.4, 0.5) is 4.79 Å². The van der Waals surface area contributed by atoms with Crippen molar-refractivity contribution in [2.24, 2.45) is 7.05 Å². The van der Waals surface area contributed by atoms with E-state index in [0.717, 1.165) is 75.7 Å². The molecule has 5 aromatic rings. The molecule has 10 nitrogen and oxygen atoms in total. The van der Waals surface area contributed by atoms with E-state index in [2.05, 4.69) is 69.9 Å². The minimum Gasteiger partial charge on any atom is -0.497 e. The van der Waals surface area contributed by atoms with E-state index in [4.69, 9.17) is 19.4 Å². The lowest BCUT2D eigenvalue weighted by Gasteiger charge is -2.16. The van der Waals surface area contributed by atoms with Crippen molar-refractivity contribution in [2.45, 2.75) is 63.6 Å². The van der Waals surface area contributed by atoms with Gasteiger partial charge >= 0.3 is 6.09 Å². The second-order valence-corrected chi connectivity index (χ2v) is 18.0. The van der Waals surface area contributed by atoms with E-state index in [0.29, 0.717) is 13.3 Å². The molecule has 1 aromatic carbocycles. The predicted octanol–water partition coefficient (Wildman–Crippen LogP) is 6.07. The summed E-state index contributed by atoms with van der Waals surface area (Å²) >= 11 is 0. The van der Waals surface area contributed by atoms with E-state index in [-0.39, 0.29) is 12.0 Å². The second-order valence-electron chi connectivity index (χ2n) is 12.3. The molecule has 2 atom stereocenters. The van der Waals surface area contributed by atoms with Gasteiger partial charge in [0.1, 0.15) is 18.3 Å². The maximum Gasteiger partial charge on any atom is 0.404 e. The number of amides is 1. The van der Waals surface area contributed by atoms with Crippen molar-refractivity contribution in [3.05, 3.63) is 48.7 Å². The van der Waals surface area contributed by atoms with Crippen LogP contribution in [0.3, 0.4) is 0 Å². The van der Waals surface area contributed by atoms with E-state index in [1.54, 1.807) is 7.11 Å². The highest BCUT2D eigenvalue weighted by molar-refractivity contribution is 6.76. The van der Waals surface area contributed by atoms with Gasteiger partial charge in [-0.25, -0.2) is 14.8 Å². The van der Waals surface area contributed by atoms with Gasteiger partial charge in [-0.1, -0.05) is 19.6 Å². The number of carboxylic acid groups (broad SMARTS) is 1. The molecule has 41 heavy (non-hydrogen) atoms. The van der Waals surface area contributed by atoms with Crippen LogP contribution in [0.15, 0.2) is 42.9 Å². The van der Waals surface area contributed by atoms with Crippen molar-refractivity contribution in [2.75, 3.05) is 13.7 Å². The van der Waals surface area contributed by atoms with Crippen LogP contribution in [0, 0.1) is 0 Å². The molecule has 4 heterocycles. The SMILES string of the molecule is COc1ccc2c(c1)c(-c1cc3c(ncc4cnc(C5CCC(NC(=O)O)C5)n43)n1COCC[Si](C)(C)C)cn2C. The summed E-state index contributed by atoms with van der Waals surface area (Å²) in [5.74, 6) is 1.91. The quantitative estimate of drug-likeness (QED) is 0.164. The minimum absolute atomic E-state index is 0.0623. The van der Waals surface area contributed by atoms with E-state index in [9.17, 15) is 9.90 Å². The van der Waals surface area contributed by atoms with Crippen LogP contribution in [0.2, 0.25) is 25.7 Å². The van der Waals surface area contributed by atoms with Gasteiger partial charge in [-0.05, 0) is 49.6 Å². The molecule has 1 aliphatic carbocycles. The third kappa shape index (κ3) is 5.19. The number of methoxy groups -OCH3 is 1. The van der Waals surface area contributed by atoms with Crippen LogP contribution in [0.25, 0.3) is 38.8 Å². The first kappa shape index (κ1) is 27.3. The molecule has 6 rings (SSSR count). The lowest BCUT2D eigenvalue weighted by atomic mass is 10.1. The van der Waals surface area contributed by atoms with Gasteiger partial charge < -0.3 is 24.5 Å². The topological polar surface area (TPSA) is 108 Å². The number of nitrogens with one attached hydrogen (secondary N) is 1. The van der Waals surface area contributed by atoms with Crippen LogP contribution in [0.1, 0.15) is 31.0 Å². The largest absolute Gasteiger partial charge is 0.497 e. The summed E-state index contributed by atoms with van der Waals surface area (Å²) in [5.41, 5.74) is 5.93. The Morgan fingerprint density at radius 2 is 1.95 bits per heavy atom. The first-order valence-electron chi connectivity index (χ1n) is 14.2. The zero-order chi connectivity index (χ0) is 28.9. The maximum absolute atomic E-state index is 11.2. The fourth-order valence-electron chi connectivity index (χ4n) is 6.09. The monoisotopic (exact) mass is 574 g/mol. The Hall–Kier alpha value is -3.83. The number of carbonyl (C=O) groups is 1. The average molecular weight is 575 g/mol. The van der Waals surface area contributed by atoms with Crippen molar-refractivity contribution in [1.29, 1.82) is 0 Å². The minimum atomic E-state index is -1.24. The Morgan fingerprint density at radius 3 is 2.71 bits per heavy atom. The van der Waals surface area contributed by atoms with Crippen LogP contribution in [-0.2, 0) is 18.5 Å². The molecule has 0 bridgehead atoms. The third-order valence-corrected chi connectivity index (χ3v) is 9.94. The molecule has 0 aliphatic heterocycles. The first-order valence-corrected chi connectivity index (χ1v) is 17.9. The highest BCUT2D eigenvalue weighted by Crippen LogP contribution is 2.38. The highest BCUT2D eigenvalue weighted by atomic mass is 28.3. The van der Waals surface area contributed by atoms with Crippen molar-refractivity contribution in [3.63, 3.8) is 0 Å². The molecule has 2 unspecified atom stereocenters. The number of ether oxygens (including phenoxy) is 2. The molecule has 1 saturated carbocycles. The van der Waals surface area contributed by atoms with Gasteiger partial charge in [-0.3, -0.25) is 8.97 Å². The van der Waals surface area contributed by atoms with Crippen molar-refractivity contribution < 1.29 is 19.4 Å². The van der Waals surface area contributed by atoms with E-state index < -0.39 is 14.2 Å². The smallest absolute Gasteiger partial charge is 0.404 e. The summed E-state index contributed by atoms with van der Waals surface area (Å²) in [6.45, 7) is 8.16. The van der Waals surface area contributed by atoms with Gasteiger partial charge in [-0.15, -0.1) is 0 Å². The molecule has 0 saturated heterocycles. The summed E-state index contributed by atoms with van der Waals surface area (Å²) < 4.78 is 18.4. The van der Waals surface area contributed by atoms with Crippen molar-refractivity contribution in [3.8, 4) is 17.0 Å². The summed E-state index contributed by atoms with van der Waals surface area (Å²) in [7, 11) is 2.50. The van der Waals surface area contributed by atoms with Crippen LogP contribution in [0.5, 0.6) is 5.75 Å². The number of nitrogens with zero attached hydrogens (tertiary/aromatic N) is 5. The number of aromatic nitrogens is 5. The third-order valence-electron chi connectivity index (χ3n) is 8.24. The van der Waals surface area contributed by atoms with E-state index in [1.165, 1.54) is 0 Å². The summed E-state index contributed by atoms with van der Waals surface area (Å²) in [5, 5.41) is 13.0. The summed E-state index contributed by atoms with van der Waals surface area (Å²) in [6, 6.07) is 9.37. The molecule has 0 radical (unpaired) electrons. The van der Waals surface area contributed by atoms with Crippen molar-refractivity contribution >= 4 is 41.8 Å². The fourth-order valence-corrected chi connectivity index (χ4v) is 6.84. The number of fused-ring (bicyclic) bond motifs is 4. The first-order chi connectivity index (χ1) is 19.6. The van der Waals surface area contributed by atoms with Gasteiger partial charge in [0.15, 0.2) is 5.65 Å². The molecule has 0 spiro atoms. The number of aryl methyl sites for hydroxylation is 1. The zero-order valence-corrected chi connectivity index (χ0v) is 25.3. The highest BCUT2D eigenvalue weighted by Gasteiger charge is 2.31. The number of benzene rings is 1. The van der Waals surface area contributed by atoms with Gasteiger partial charge in [-0.2, -0.15) is 0 Å². The zero-order valence-electron chi connectivity index (χ0n) is 24.3. The predicted molar refractivity (Wildman–Crippen MR) is 163 cm³/mol. The number of imidazole rings is 1. The van der Waals surface area contributed by atoms with Gasteiger partial charge in [0.05, 0.1) is 36.2 Å². The standard InChI is InChI=1S/C30H38N6O4Si/c1-34-17-24(23-13-22(39-2)8-9-25(23)34)26-14-27-29(35(26)18-40-10-11-41(3,4)5)32-16-21-15-31-28(36(21)27)19-6-7-20(12-19)33-30(37)38/h8-9,13-17,19-20,33H,6-7,10-12,18H2,1-5H3,(H,37,38). The molecule has 1 amide bonds. The molecule has 216 valence electrons. The van der Waals surface area contributed by atoms with Gasteiger partial charge in [0.25, 0.3) is 0 Å². The maximum atomic E-state index is 11.2. The van der Waals surface area contributed by atoms with Crippen LogP contribution >= 0.6 is 0 Å². The average Bonchev–Trinajstić information content (AvgIpc) is 3.69. The Kier molecular flexibility index (Phi) is 7.02. The molecule has 2 N–H and O–H groups in total. The molecule has 11 heteroatoms. The number of rotatable bonds is 9. The second kappa shape index (κ2) is 10.5. The Labute approximate surface area is 239 Å². The van der Waals surface area contributed by atoms with Crippen LogP contribution in [-0.4, -0.2) is 62.5 Å². The Balaban J connectivity index is 1.49. The molecule has 1 fully saturated rings. The number of hydrogen-bond acceptors (Lipinski definition) is 5. The molecule has 1 aliphatic rings. The summed E-state index contributed by atoms with van der Waals surface area (Å²) in [4.78, 5) is 21.0. The lowest BCUT2D eigenvalue weighted by Crippen LogP contribution is -2.31. The normalized spacial score (nSPS) is 17.7. The van der Waals surface area contributed by atoms with Crippen molar-refractivity contribution in [1.82, 2.24) is 28.8 Å². The lowest BCUT2D eigenvalue weighted by molar-refractivity contribution is 0.0909.